The van der Waals surface area contributed by atoms with Crippen LogP contribution in [0.2, 0.25) is 0 Å². The van der Waals surface area contributed by atoms with E-state index < -0.39 is 17.7 Å². The van der Waals surface area contributed by atoms with Gasteiger partial charge in [-0.1, -0.05) is 0 Å². The maximum absolute atomic E-state index is 17.3. The van der Waals surface area contributed by atoms with E-state index in [4.69, 9.17) is 29.9 Å². The fourth-order valence-electron chi connectivity index (χ4n) is 7.33. The molecule has 4 atom stereocenters. The zero-order valence-corrected chi connectivity index (χ0v) is 25.7. The van der Waals surface area contributed by atoms with Crippen molar-refractivity contribution < 1.29 is 23.0 Å². The lowest BCUT2D eigenvalue weighted by Crippen LogP contribution is -2.52. The quantitative estimate of drug-likeness (QED) is 0.333. The second-order valence-corrected chi connectivity index (χ2v) is 13.3. The van der Waals surface area contributed by atoms with Crippen LogP contribution in [0.5, 0.6) is 6.01 Å². The Balaban J connectivity index is 1.37. The van der Waals surface area contributed by atoms with Gasteiger partial charge in [0.25, 0.3) is 0 Å². The number of hydrogen-bond donors (Lipinski definition) is 2. The normalized spacial score (nSPS) is 23.9. The molecule has 7 heterocycles. The Kier molecular flexibility index (Phi) is 6.99. The first-order chi connectivity index (χ1) is 21.8. The first-order valence-corrected chi connectivity index (χ1v) is 16.0. The molecule has 0 saturated carbocycles. The molecule has 2 unspecified atom stereocenters. The number of aromatic nitrogens is 3. The van der Waals surface area contributed by atoms with Gasteiger partial charge in [-0.2, -0.15) is 15.2 Å². The number of nitrogen functional groups attached to an aromatic ring is 1. The number of likely N-dealkylation sites (N-methyl/N-ethyl adjacent to an activating group) is 1. The number of nitriles is 1. The van der Waals surface area contributed by atoms with Gasteiger partial charge in [0.1, 0.15) is 34.6 Å². The molecular formula is C31H32F2N8O3S. The zero-order valence-electron chi connectivity index (χ0n) is 24.9. The minimum atomic E-state index is -0.652. The highest BCUT2D eigenvalue weighted by atomic mass is 32.1. The third kappa shape index (κ3) is 4.51. The van der Waals surface area contributed by atoms with E-state index in [0.717, 1.165) is 55.6 Å². The Morgan fingerprint density at radius 2 is 1.96 bits per heavy atom. The van der Waals surface area contributed by atoms with Gasteiger partial charge in [-0.25, -0.2) is 8.78 Å². The number of thiophene rings is 1. The molecule has 0 spiro atoms. The summed E-state index contributed by atoms with van der Waals surface area (Å²) >= 11 is 0.946. The highest BCUT2D eigenvalue weighted by Crippen LogP contribution is 2.47. The van der Waals surface area contributed by atoms with Gasteiger partial charge in [-0.3, -0.25) is 4.98 Å². The summed E-state index contributed by atoms with van der Waals surface area (Å²) in [6.07, 6.45) is 2.42. The van der Waals surface area contributed by atoms with Crippen LogP contribution in [0.15, 0.2) is 6.20 Å². The molecule has 0 amide bonds. The molecule has 4 aliphatic heterocycles. The average molecular weight is 635 g/mol. The van der Waals surface area contributed by atoms with Crippen LogP contribution >= 0.6 is 11.3 Å². The molecule has 45 heavy (non-hydrogen) atoms. The molecule has 234 valence electrons. The van der Waals surface area contributed by atoms with Crippen molar-refractivity contribution in [2.75, 3.05) is 50.5 Å². The number of rotatable bonds is 5. The predicted molar refractivity (Wildman–Crippen MR) is 165 cm³/mol. The smallest absolute Gasteiger partial charge is 0.319 e. The lowest BCUT2D eigenvalue weighted by Gasteiger charge is -2.37. The van der Waals surface area contributed by atoms with E-state index in [0.29, 0.717) is 29.9 Å². The van der Waals surface area contributed by atoms with Crippen molar-refractivity contribution in [1.82, 2.24) is 25.2 Å². The fraction of sp³-hybridized carbons (Fsp3) is 0.484. The van der Waals surface area contributed by atoms with Crippen LogP contribution in [-0.4, -0.2) is 84.0 Å². The Morgan fingerprint density at radius 1 is 1.18 bits per heavy atom. The highest BCUT2D eigenvalue weighted by molar-refractivity contribution is 7.23. The van der Waals surface area contributed by atoms with Gasteiger partial charge in [0.05, 0.1) is 47.4 Å². The molecule has 4 aliphatic rings. The number of anilines is 2. The minimum absolute atomic E-state index is 0.0539. The molecule has 11 nitrogen and oxygen atoms in total. The van der Waals surface area contributed by atoms with E-state index in [2.05, 4.69) is 26.2 Å². The largest absolute Gasteiger partial charge is 0.458 e. The first kappa shape index (κ1) is 28.7. The van der Waals surface area contributed by atoms with Gasteiger partial charge in [0, 0.05) is 49.2 Å². The van der Waals surface area contributed by atoms with Gasteiger partial charge in [-0.05, 0) is 37.9 Å². The van der Waals surface area contributed by atoms with Crippen molar-refractivity contribution in [3.05, 3.63) is 34.5 Å². The number of ether oxygens (including phenoxy) is 3. The molecule has 1 aromatic carbocycles. The lowest BCUT2D eigenvalue weighted by molar-refractivity contribution is -0.0708. The van der Waals surface area contributed by atoms with Gasteiger partial charge in [0.2, 0.25) is 0 Å². The average Bonchev–Trinajstić information content (AvgIpc) is 3.71. The summed E-state index contributed by atoms with van der Waals surface area (Å²) in [5, 5.41) is 14.4. The molecule has 3 fully saturated rings. The number of benzene rings is 1. The summed E-state index contributed by atoms with van der Waals surface area (Å²) in [6, 6.07) is 2.50. The first-order valence-electron chi connectivity index (χ1n) is 15.2. The second-order valence-electron chi connectivity index (χ2n) is 12.2. The van der Waals surface area contributed by atoms with Gasteiger partial charge in [0.15, 0.2) is 11.6 Å². The van der Waals surface area contributed by atoms with Gasteiger partial charge < -0.3 is 35.1 Å². The maximum atomic E-state index is 17.3. The van der Waals surface area contributed by atoms with Crippen LogP contribution in [0, 0.1) is 23.0 Å². The summed E-state index contributed by atoms with van der Waals surface area (Å²) in [6.45, 7) is 5.95. The standard InChI is InChI=1S/C31H32F2N8O3S/c1-14(21-11-40(2)5-6-43-21)44-31-38-27-24(30(39-31)41-15-3-4-16(41)9-36-8-15)19-13-42-12-18(19)22(25(27)33)26-23-17(7-34)29(35)45-28(23)20(32)10-37-26/h10,14-16,21,36H,3-6,8-9,11-13,35H2,1-2H3/t14-,15?,16?,21+/m0/s1. The minimum Gasteiger partial charge on any atom is -0.458 e. The second kappa shape index (κ2) is 11.0. The molecule has 3 aromatic heterocycles. The van der Waals surface area contributed by atoms with Crippen LogP contribution in [0.25, 0.3) is 32.2 Å². The maximum Gasteiger partial charge on any atom is 0.319 e. The molecular weight excluding hydrogens is 602 g/mol. The summed E-state index contributed by atoms with van der Waals surface area (Å²) in [5.74, 6) is -0.652. The Bertz CT molecular complexity index is 1880. The van der Waals surface area contributed by atoms with Crippen molar-refractivity contribution in [2.24, 2.45) is 0 Å². The van der Waals surface area contributed by atoms with Crippen molar-refractivity contribution in [1.29, 1.82) is 5.26 Å². The summed E-state index contributed by atoms with van der Waals surface area (Å²) in [5.41, 5.74) is 7.85. The molecule has 4 aromatic rings. The van der Waals surface area contributed by atoms with Crippen molar-refractivity contribution in [3.8, 4) is 23.3 Å². The number of halogens is 2. The van der Waals surface area contributed by atoms with Crippen LogP contribution in [0.4, 0.5) is 19.6 Å². The molecule has 14 heteroatoms. The van der Waals surface area contributed by atoms with Crippen LogP contribution in [-0.2, 0) is 22.7 Å². The SMILES string of the molecule is C[C@H](Oc1nc(N2C3CCC2CNC3)c2c3c(c(-c4ncc(F)c5sc(N)c(C#N)c45)c(F)c2n1)COC3)[C@H]1CN(C)CCO1. The van der Waals surface area contributed by atoms with E-state index in [1.807, 2.05) is 14.0 Å². The van der Waals surface area contributed by atoms with Gasteiger partial charge >= 0.3 is 6.01 Å². The lowest BCUT2D eigenvalue weighted by atomic mass is 9.93. The number of fused-ring (bicyclic) bond motifs is 6. The number of nitrogens with zero attached hydrogens (tertiary/aromatic N) is 6. The van der Waals surface area contributed by atoms with E-state index in [9.17, 15) is 9.65 Å². The van der Waals surface area contributed by atoms with E-state index in [-0.39, 0.29) is 74.8 Å². The summed E-state index contributed by atoms with van der Waals surface area (Å²) < 4.78 is 50.6. The Hall–Kier alpha value is -3.74. The van der Waals surface area contributed by atoms with Crippen molar-refractivity contribution in [3.63, 3.8) is 0 Å². The van der Waals surface area contributed by atoms with E-state index in [1.54, 1.807) is 0 Å². The number of hydrogen-bond acceptors (Lipinski definition) is 12. The molecule has 8 rings (SSSR count). The third-order valence-corrected chi connectivity index (χ3v) is 10.6. The number of pyridine rings is 1. The Labute approximate surface area is 261 Å². The van der Waals surface area contributed by atoms with E-state index in [1.165, 1.54) is 0 Å². The van der Waals surface area contributed by atoms with Crippen LogP contribution in [0.3, 0.4) is 0 Å². The molecule has 0 radical (unpaired) electrons. The predicted octanol–water partition coefficient (Wildman–Crippen LogP) is 3.71. The molecule has 0 aliphatic carbocycles. The molecule has 2 bridgehead atoms. The molecule has 3 N–H and O–H groups in total. The number of nitrogens with two attached hydrogens (primary N) is 1. The van der Waals surface area contributed by atoms with Crippen molar-refractivity contribution >= 4 is 43.1 Å². The summed E-state index contributed by atoms with van der Waals surface area (Å²) in [4.78, 5) is 18.5. The van der Waals surface area contributed by atoms with Crippen molar-refractivity contribution in [2.45, 2.75) is 57.3 Å². The van der Waals surface area contributed by atoms with Crippen LogP contribution in [0.1, 0.15) is 36.5 Å². The zero-order chi connectivity index (χ0) is 31.0. The van der Waals surface area contributed by atoms with Crippen LogP contribution < -0.4 is 20.7 Å². The third-order valence-electron chi connectivity index (χ3n) is 9.54. The fourth-order valence-corrected chi connectivity index (χ4v) is 8.25. The highest BCUT2D eigenvalue weighted by Gasteiger charge is 2.41. The summed E-state index contributed by atoms with van der Waals surface area (Å²) in [7, 11) is 2.03. The Morgan fingerprint density at radius 3 is 2.71 bits per heavy atom. The van der Waals surface area contributed by atoms with Gasteiger partial charge in [-0.15, -0.1) is 11.3 Å². The number of morpholine rings is 1. The van der Waals surface area contributed by atoms with E-state index >= 15 is 4.39 Å². The molecule has 3 saturated heterocycles. The number of piperazine rings is 1. The topological polar surface area (TPSA) is 135 Å². The number of nitrogens with one attached hydrogen (secondary N) is 1. The monoisotopic (exact) mass is 634 g/mol.